The molecular formula is C8H7ClN2O. The highest BCUT2D eigenvalue weighted by Crippen LogP contribution is 2.27. The van der Waals surface area contributed by atoms with Crippen molar-refractivity contribution in [3.05, 3.63) is 29.8 Å². The summed E-state index contributed by atoms with van der Waals surface area (Å²) >= 11 is 6.00. The van der Waals surface area contributed by atoms with Gasteiger partial charge in [-0.3, -0.25) is 0 Å². The second kappa shape index (κ2) is 2.68. The summed E-state index contributed by atoms with van der Waals surface area (Å²) in [7, 11) is 1.59. The molecule has 0 radical (unpaired) electrons. The minimum absolute atomic E-state index is 0.595. The van der Waals surface area contributed by atoms with Gasteiger partial charge in [-0.2, -0.15) is 0 Å². The van der Waals surface area contributed by atoms with Crippen LogP contribution in [0.5, 0.6) is 5.75 Å². The van der Waals surface area contributed by atoms with E-state index in [0.717, 1.165) is 5.52 Å². The molecule has 0 N–H and O–H groups in total. The molecule has 2 heterocycles. The van der Waals surface area contributed by atoms with E-state index in [-0.39, 0.29) is 0 Å². The van der Waals surface area contributed by atoms with Crippen LogP contribution in [0.15, 0.2) is 24.8 Å². The quantitative estimate of drug-likeness (QED) is 0.675. The number of hydrogen-bond acceptors (Lipinski definition) is 2. The maximum atomic E-state index is 6.00. The molecule has 0 atom stereocenters. The Morgan fingerprint density at radius 3 is 3.17 bits per heavy atom. The van der Waals surface area contributed by atoms with E-state index < -0.39 is 0 Å². The summed E-state index contributed by atoms with van der Waals surface area (Å²) in [6, 6.07) is 1.80. The van der Waals surface area contributed by atoms with E-state index in [4.69, 9.17) is 16.3 Å². The average Bonchev–Trinajstić information content (AvgIpc) is 2.53. The molecule has 4 heteroatoms. The molecule has 0 aliphatic carbocycles. The molecule has 0 aliphatic rings. The number of hydrogen-bond donors (Lipinski definition) is 0. The van der Waals surface area contributed by atoms with Crippen LogP contribution in [-0.2, 0) is 0 Å². The Hall–Kier alpha value is -1.22. The molecular weight excluding hydrogens is 176 g/mol. The SMILES string of the molecule is COc1ccn2cncc2c1Cl. The molecule has 2 aromatic rings. The van der Waals surface area contributed by atoms with Crippen LogP contribution in [0.1, 0.15) is 0 Å². The van der Waals surface area contributed by atoms with Gasteiger partial charge in [0, 0.05) is 6.20 Å². The number of imidazole rings is 1. The van der Waals surface area contributed by atoms with Crippen molar-refractivity contribution in [2.75, 3.05) is 7.11 Å². The lowest BCUT2D eigenvalue weighted by molar-refractivity contribution is 0.415. The number of rotatable bonds is 1. The number of aromatic nitrogens is 2. The van der Waals surface area contributed by atoms with Crippen molar-refractivity contribution in [1.29, 1.82) is 0 Å². The Balaban J connectivity index is 2.78. The fraction of sp³-hybridized carbons (Fsp3) is 0.125. The highest BCUT2D eigenvalue weighted by molar-refractivity contribution is 6.35. The summed E-state index contributed by atoms with van der Waals surface area (Å²) in [6.07, 6.45) is 5.25. The van der Waals surface area contributed by atoms with Crippen LogP contribution in [0, 0.1) is 0 Å². The predicted molar refractivity (Wildman–Crippen MR) is 46.8 cm³/mol. The lowest BCUT2D eigenvalue weighted by Gasteiger charge is -2.03. The van der Waals surface area contributed by atoms with Gasteiger partial charge < -0.3 is 9.14 Å². The van der Waals surface area contributed by atoms with Crippen molar-refractivity contribution in [3.8, 4) is 5.75 Å². The second-order valence-electron chi connectivity index (χ2n) is 2.38. The first-order valence-electron chi connectivity index (χ1n) is 3.47. The molecule has 0 saturated carbocycles. The molecule has 0 saturated heterocycles. The van der Waals surface area contributed by atoms with E-state index in [1.54, 1.807) is 25.7 Å². The van der Waals surface area contributed by atoms with Gasteiger partial charge >= 0.3 is 0 Å². The fourth-order valence-corrected chi connectivity index (χ4v) is 1.38. The van der Waals surface area contributed by atoms with Gasteiger partial charge in [0.2, 0.25) is 0 Å². The number of pyridine rings is 1. The van der Waals surface area contributed by atoms with Crippen molar-refractivity contribution in [3.63, 3.8) is 0 Å². The lowest BCUT2D eigenvalue weighted by Crippen LogP contribution is -1.87. The highest BCUT2D eigenvalue weighted by Gasteiger charge is 2.04. The highest BCUT2D eigenvalue weighted by atomic mass is 35.5. The molecule has 0 fully saturated rings. The summed E-state index contributed by atoms with van der Waals surface area (Å²) in [5.74, 6) is 0.671. The molecule has 0 unspecified atom stereocenters. The summed E-state index contributed by atoms with van der Waals surface area (Å²) in [4.78, 5) is 3.96. The van der Waals surface area contributed by atoms with Crippen LogP contribution in [0.4, 0.5) is 0 Å². The van der Waals surface area contributed by atoms with Crippen molar-refractivity contribution in [2.24, 2.45) is 0 Å². The molecule has 2 rings (SSSR count). The Bertz CT molecular complexity index is 410. The Labute approximate surface area is 74.6 Å². The first-order chi connectivity index (χ1) is 5.83. The normalized spacial score (nSPS) is 10.5. The predicted octanol–water partition coefficient (Wildman–Crippen LogP) is 2.00. The first kappa shape index (κ1) is 7.43. The molecule has 3 nitrogen and oxygen atoms in total. The standard InChI is InChI=1S/C8H7ClN2O/c1-12-7-2-3-11-5-10-4-6(11)8(7)9/h2-5H,1H3. The average molecular weight is 183 g/mol. The minimum Gasteiger partial charge on any atom is -0.495 e. The number of halogens is 1. The number of methoxy groups -OCH3 is 1. The zero-order valence-corrected chi connectivity index (χ0v) is 7.25. The summed E-state index contributed by atoms with van der Waals surface area (Å²) in [5, 5.41) is 0.595. The molecule has 0 aliphatic heterocycles. The van der Waals surface area contributed by atoms with E-state index in [2.05, 4.69) is 4.98 Å². The summed E-state index contributed by atoms with van der Waals surface area (Å²) < 4.78 is 6.89. The van der Waals surface area contributed by atoms with Gasteiger partial charge in [0.15, 0.2) is 0 Å². The number of nitrogens with zero attached hydrogens (tertiary/aromatic N) is 2. The zero-order chi connectivity index (χ0) is 8.55. The van der Waals surface area contributed by atoms with E-state index in [0.29, 0.717) is 10.8 Å². The third kappa shape index (κ3) is 0.940. The van der Waals surface area contributed by atoms with Gasteiger partial charge in [0.05, 0.1) is 25.2 Å². The largest absolute Gasteiger partial charge is 0.495 e. The van der Waals surface area contributed by atoms with Crippen LogP contribution >= 0.6 is 11.6 Å². The summed E-state index contributed by atoms with van der Waals surface area (Å²) in [5.41, 5.74) is 0.857. The van der Waals surface area contributed by atoms with Crippen LogP contribution in [0.25, 0.3) is 5.52 Å². The molecule has 2 aromatic heterocycles. The topological polar surface area (TPSA) is 26.5 Å². The lowest BCUT2D eigenvalue weighted by atomic mass is 10.4. The monoisotopic (exact) mass is 182 g/mol. The van der Waals surface area contributed by atoms with Gasteiger partial charge in [-0.1, -0.05) is 11.6 Å². The van der Waals surface area contributed by atoms with Crippen molar-refractivity contribution < 1.29 is 4.74 Å². The molecule has 12 heavy (non-hydrogen) atoms. The maximum Gasteiger partial charge on any atom is 0.141 e. The van der Waals surface area contributed by atoms with E-state index in [9.17, 15) is 0 Å². The van der Waals surface area contributed by atoms with E-state index >= 15 is 0 Å². The number of fused-ring (bicyclic) bond motifs is 1. The third-order valence-corrected chi connectivity index (χ3v) is 2.09. The van der Waals surface area contributed by atoms with Gasteiger partial charge in [0.25, 0.3) is 0 Å². The van der Waals surface area contributed by atoms with E-state index in [1.807, 2.05) is 10.6 Å². The molecule has 0 spiro atoms. The first-order valence-corrected chi connectivity index (χ1v) is 3.85. The Morgan fingerprint density at radius 1 is 1.58 bits per heavy atom. The van der Waals surface area contributed by atoms with Crippen molar-refractivity contribution >= 4 is 17.1 Å². The molecule has 62 valence electrons. The van der Waals surface area contributed by atoms with Gasteiger partial charge in [0.1, 0.15) is 10.8 Å². The molecule has 0 bridgehead atoms. The van der Waals surface area contributed by atoms with Crippen molar-refractivity contribution in [1.82, 2.24) is 9.38 Å². The van der Waals surface area contributed by atoms with Crippen LogP contribution in [0.2, 0.25) is 5.02 Å². The fourth-order valence-electron chi connectivity index (χ4n) is 1.10. The Kier molecular flexibility index (Phi) is 1.66. The van der Waals surface area contributed by atoms with Crippen LogP contribution in [0.3, 0.4) is 0 Å². The smallest absolute Gasteiger partial charge is 0.141 e. The van der Waals surface area contributed by atoms with Gasteiger partial charge in [-0.05, 0) is 6.07 Å². The summed E-state index contributed by atoms with van der Waals surface area (Å²) in [6.45, 7) is 0. The van der Waals surface area contributed by atoms with E-state index in [1.165, 1.54) is 0 Å². The van der Waals surface area contributed by atoms with Crippen LogP contribution in [-0.4, -0.2) is 16.5 Å². The number of ether oxygens (including phenoxy) is 1. The minimum atomic E-state index is 0.595. The molecule has 0 amide bonds. The van der Waals surface area contributed by atoms with Crippen molar-refractivity contribution in [2.45, 2.75) is 0 Å². The third-order valence-electron chi connectivity index (χ3n) is 1.71. The second-order valence-corrected chi connectivity index (χ2v) is 2.76. The van der Waals surface area contributed by atoms with Gasteiger partial charge in [-0.15, -0.1) is 0 Å². The molecule has 0 aromatic carbocycles. The van der Waals surface area contributed by atoms with Gasteiger partial charge in [-0.25, -0.2) is 4.98 Å². The van der Waals surface area contributed by atoms with Crippen LogP contribution < -0.4 is 4.74 Å². The maximum absolute atomic E-state index is 6.00. The Morgan fingerprint density at radius 2 is 2.42 bits per heavy atom. The zero-order valence-electron chi connectivity index (χ0n) is 6.49.